The number of aromatic nitrogens is 2. The molecule has 0 aromatic carbocycles. The van der Waals surface area contributed by atoms with E-state index in [0.29, 0.717) is 6.04 Å². The first-order valence-corrected chi connectivity index (χ1v) is 6.86. The third kappa shape index (κ3) is 4.26. The first kappa shape index (κ1) is 12.6. The molecule has 1 atom stereocenters. The second kappa shape index (κ2) is 6.90. The molecular formula is C11H21N3S. The SMILES string of the molecule is CCNC(CCc1ccnn1C)CSC. The number of aryl methyl sites for hydroxylation is 2. The predicted molar refractivity (Wildman–Crippen MR) is 67.4 cm³/mol. The normalized spacial score (nSPS) is 13.0. The highest BCUT2D eigenvalue weighted by Crippen LogP contribution is 2.07. The van der Waals surface area contributed by atoms with Gasteiger partial charge in [-0.05, 0) is 31.7 Å². The molecule has 0 radical (unpaired) electrons. The highest BCUT2D eigenvalue weighted by atomic mass is 32.2. The minimum Gasteiger partial charge on any atom is -0.313 e. The van der Waals surface area contributed by atoms with Crippen molar-refractivity contribution >= 4 is 11.8 Å². The van der Waals surface area contributed by atoms with Crippen LogP contribution in [0, 0.1) is 0 Å². The van der Waals surface area contributed by atoms with E-state index in [4.69, 9.17) is 0 Å². The molecule has 86 valence electrons. The van der Waals surface area contributed by atoms with Gasteiger partial charge < -0.3 is 5.32 Å². The first-order valence-electron chi connectivity index (χ1n) is 5.47. The van der Waals surface area contributed by atoms with Crippen molar-refractivity contribution in [1.29, 1.82) is 0 Å². The molecule has 1 aromatic heterocycles. The first-order chi connectivity index (χ1) is 7.27. The topological polar surface area (TPSA) is 29.9 Å². The standard InChI is InChI=1S/C11H21N3S/c1-4-12-10(9-15-3)5-6-11-7-8-13-14(11)2/h7-8,10,12H,4-6,9H2,1-3H3. The molecule has 1 heterocycles. The van der Waals surface area contributed by atoms with Crippen LogP contribution in [-0.4, -0.2) is 34.4 Å². The Labute approximate surface area is 96.6 Å². The van der Waals surface area contributed by atoms with E-state index < -0.39 is 0 Å². The second-order valence-electron chi connectivity index (χ2n) is 3.69. The summed E-state index contributed by atoms with van der Waals surface area (Å²) >= 11 is 1.91. The maximum atomic E-state index is 4.18. The van der Waals surface area contributed by atoms with Crippen LogP contribution >= 0.6 is 11.8 Å². The Morgan fingerprint density at radius 3 is 2.93 bits per heavy atom. The van der Waals surface area contributed by atoms with Crippen molar-refractivity contribution in [2.45, 2.75) is 25.8 Å². The van der Waals surface area contributed by atoms with Gasteiger partial charge in [-0.1, -0.05) is 6.92 Å². The predicted octanol–water partition coefficient (Wildman–Crippen LogP) is 1.69. The zero-order valence-electron chi connectivity index (χ0n) is 9.86. The molecule has 1 unspecified atom stereocenters. The molecular weight excluding hydrogens is 206 g/mol. The number of hydrogen-bond donors (Lipinski definition) is 1. The van der Waals surface area contributed by atoms with Gasteiger partial charge in [-0.25, -0.2) is 0 Å². The zero-order chi connectivity index (χ0) is 11.1. The Morgan fingerprint density at radius 1 is 1.60 bits per heavy atom. The highest BCUT2D eigenvalue weighted by molar-refractivity contribution is 7.98. The molecule has 0 aliphatic rings. The van der Waals surface area contributed by atoms with Crippen LogP contribution in [0.5, 0.6) is 0 Å². The summed E-state index contributed by atoms with van der Waals surface area (Å²) in [4.78, 5) is 0. The van der Waals surface area contributed by atoms with Crippen LogP contribution in [0.3, 0.4) is 0 Å². The number of rotatable bonds is 7. The number of nitrogens with zero attached hydrogens (tertiary/aromatic N) is 2. The van der Waals surface area contributed by atoms with Crippen molar-refractivity contribution in [1.82, 2.24) is 15.1 Å². The molecule has 1 rings (SSSR count). The number of nitrogens with one attached hydrogen (secondary N) is 1. The summed E-state index contributed by atoms with van der Waals surface area (Å²) in [5.74, 6) is 1.19. The summed E-state index contributed by atoms with van der Waals surface area (Å²) < 4.78 is 1.96. The molecule has 0 saturated carbocycles. The van der Waals surface area contributed by atoms with E-state index in [1.807, 2.05) is 29.7 Å². The lowest BCUT2D eigenvalue weighted by Gasteiger charge is -2.16. The fraction of sp³-hybridized carbons (Fsp3) is 0.727. The minimum atomic E-state index is 0.625. The van der Waals surface area contributed by atoms with Crippen molar-refractivity contribution in [3.05, 3.63) is 18.0 Å². The second-order valence-corrected chi connectivity index (χ2v) is 4.61. The Hall–Kier alpha value is -0.480. The number of thioether (sulfide) groups is 1. The van der Waals surface area contributed by atoms with Crippen molar-refractivity contribution in [2.75, 3.05) is 18.6 Å². The van der Waals surface area contributed by atoms with Gasteiger partial charge in [0.25, 0.3) is 0 Å². The summed E-state index contributed by atoms with van der Waals surface area (Å²) in [6, 6.07) is 2.72. The summed E-state index contributed by atoms with van der Waals surface area (Å²) in [6.45, 7) is 3.22. The largest absolute Gasteiger partial charge is 0.313 e. The smallest absolute Gasteiger partial charge is 0.0492 e. The van der Waals surface area contributed by atoms with Gasteiger partial charge in [-0.2, -0.15) is 16.9 Å². The summed E-state index contributed by atoms with van der Waals surface area (Å²) in [6.07, 6.45) is 6.32. The van der Waals surface area contributed by atoms with Crippen molar-refractivity contribution in [2.24, 2.45) is 7.05 Å². The van der Waals surface area contributed by atoms with Gasteiger partial charge in [0.1, 0.15) is 0 Å². The Morgan fingerprint density at radius 2 is 2.40 bits per heavy atom. The highest BCUT2D eigenvalue weighted by Gasteiger charge is 2.07. The van der Waals surface area contributed by atoms with E-state index in [2.05, 4.69) is 29.7 Å². The van der Waals surface area contributed by atoms with Crippen molar-refractivity contribution < 1.29 is 0 Å². The van der Waals surface area contributed by atoms with Crippen LogP contribution in [0.2, 0.25) is 0 Å². The number of hydrogen-bond acceptors (Lipinski definition) is 3. The lowest BCUT2D eigenvalue weighted by Crippen LogP contribution is -2.31. The van der Waals surface area contributed by atoms with Gasteiger partial charge in [0.2, 0.25) is 0 Å². The van der Waals surface area contributed by atoms with Crippen LogP contribution in [0.15, 0.2) is 12.3 Å². The van der Waals surface area contributed by atoms with E-state index >= 15 is 0 Å². The van der Waals surface area contributed by atoms with E-state index in [1.54, 1.807) is 0 Å². The van der Waals surface area contributed by atoms with Crippen LogP contribution in [0.25, 0.3) is 0 Å². The summed E-state index contributed by atoms with van der Waals surface area (Å²) in [5.41, 5.74) is 1.32. The molecule has 0 fully saturated rings. The lowest BCUT2D eigenvalue weighted by atomic mass is 10.1. The molecule has 3 nitrogen and oxygen atoms in total. The monoisotopic (exact) mass is 227 g/mol. The molecule has 1 aromatic rings. The van der Waals surface area contributed by atoms with Crippen molar-refractivity contribution in [3.63, 3.8) is 0 Å². The molecule has 0 spiro atoms. The van der Waals surface area contributed by atoms with E-state index in [-0.39, 0.29) is 0 Å². The van der Waals surface area contributed by atoms with Gasteiger partial charge in [0.15, 0.2) is 0 Å². The van der Waals surface area contributed by atoms with Crippen LogP contribution < -0.4 is 5.32 Å². The molecule has 4 heteroatoms. The van der Waals surface area contributed by atoms with Gasteiger partial charge in [-0.15, -0.1) is 0 Å². The molecule has 0 saturated heterocycles. The van der Waals surface area contributed by atoms with E-state index in [0.717, 1.165) is 13.0 Å². The van der Waals surface area contributed by atoms with E-state index in [1.165, 1.54) is 17.9 Å². The lowest BCUT2D eigenvalue weighted by molar-refractivity contribution is 0.527. The third-order valence-corrected chi connectivity index (χ3v) is 3.27. The molecule has 0 aliphatic heterocycles. The Bertz CT molecular complexity index is 267. The fourth-order valence-electron chi connectivity index (χ4n) is 1.70. The van der Waals surface area contributed by atoms with E-state index in [9.17, 15) is 0 Å². The van der Waals surface area contributed by atoms with Crippen LogP contribution in [0.4, 0.5) is 0 Å². The van der Waals surface area contributed by atoms with Gasteiger partial charge in [0.05, 0.1) is 0 Å². The van der Waals surface area contributed by atoms with Gasteiger partial charge in [0, 0.05) is 30.7 Å². The maximum Gasteiger partial charge on any atom is 0.0492 e. The minimum absolute atomic E-state index is 0.625. The average molecular weight is 227 g/mol. The Kier molecular flexibility index (Phi) is 5.79. The molecule has 1 N–H and O–H groups in total. The van der Waals surface area contributed by atoms with Crippen molar-refractivity contribution in [3.8, 4) is 0 Å². The van der Waals surface area contributed by atoms with Crippen LogP contribution in [-0.2, 0) is 13.5 Å². The maximum absolute atomic E-state index is 4.18. The fourth-order valence-corrected chi connectivity index (χ4v) is 2.39. The molecule has 0 aliphatic carbocycles. The zero-order valence-corrected chi connectivity index (χ0v) is 10.7. The van der Waals surface area contributed by atoms with Crippen LogP contribution in [0.1, 0.15) is 19.0 Å². The average Bonchev–Trinajstić information content (AvgIpc) is 2.61. The van der Waals surface area contributed by atoms with Gasteiger partial charge >= 0.3 is 0 Å². The summed E-state index contributed by atoms with van der Waals surface area (Å²) in [5, 5.41) is 7.69. The molecule has 0 bridgehead atoms. The molecule has 15 heavy (non-hydrogen) atoms. The third-order valence-electron chi connectivity index (χ3n) is 2.53. The van der Waals surface area contributed by atoms with Gasteiger partial charge in [-0.3, -0.25) is 4.68 Å². The quantitative estimate of drug-likeness (QED) is 0.769. The molecule has 0 amide bonds. The Balaban J connectivity index is 2.36. The summed E-state index contributed by atoms with van der Waals surface area (Å²) in [7, 11) is 2.01.